The second-order valence-electron chi connectivity index (χ2n) is 5.12. The van der Waals surface area contributed by atoms with Crippen LogP contribution in [-0.2, 0) is 14.3 Å². The summed E-state index contributed by atoms with van der Waals surface area (Å²) >= 11 is 0. The smallest absolute Gasteiger partial charge is 0.407 e. The van der Waals surface area contributed by atoms with Gasteiger partial charge in [0.1, 0.15) is 11.6 Å². The molecular formula is C12H23NO4. The molecule has 0 fully saturated rings. The van der Waals surface area contributed by atoms with Gasteiger partial charge in [0.15, 0.2) is 0 Å². The van der Waals surface area contributed by atoms with Crippen molar-refractivity contribution in [2.45, 2.75) is 53.2 Å². The van der Waals surface area contributed by atoms with Gasteiger partial charge >= 0.3 is 12.1 Å². The highest BCUT2D eigenvalue weighted by Gasteiger charge is 2.29. The number of rotatable bonds is 4. The molecule has 0 radical (unpaired) electrons. The first-order valence-electron chi connectivity index (χ1n) is 5.83. The largest absolute Gasteiger partial charge is 0.458 e. The molecule has 100 valence electrons. The van der Waals surface area contributed by atoms with E-state index in [0.29, 0.717) is 0 Å². The van der Waals surface area contributed by atoms with Crippen molar-refractivity contribution >= 4 is 12.1 Å². The maximum absolute atomic E-state index is 11.8. The Hall–Kier alpha value is -1.26. The number of alkyl carbamates (subject to hydrolysis) is 1. The van der Waals surface area contributed by atoms with Crippen LogP contribution < -0.4 is 5.32 Å². The van der Waals surface area contributed by atoms with Gasteiger partial charge in [0.05, 0.1) is 6.61 Å². The molecule has 17 heavy (non-hydrogen) atoms. The van der Waals surface area contributed by atoms with Gasteiger partial charge in [-0.25, -0.2) is 9.59 Å². The van der Waals surface area contributed by atoms with Crippen LogP contribution in [0.2, 0.25) is 0 Å². The van der Waals surface area contributed by atoms with E-state index >= 15 is 0 Å². The third-order valence-corrected chi connectivity index (χ3v) is 1.88. The normalized spacial score (nSPS) is 13.1. The summed E-state index contributed by atoms with van der Waals surface area (Å²) in [5.41, 5.74) is -0.569. The molecule has 1 amide bonds. The molecule has 0 aliphatic rings. The number of hydrogen-bond donors (Lipinski definition) is 1. The molecule has 0 aliphatic heterocycles. The van der Waals surface area contributed by atoms with Gasteiger partial charge in [-0.2, -0.15) is 0 Å². The number of ether oxygens (including phenoxy) is 2. The molecule has 5 heteroatoms. The SMILES string of the molecule is CCOC(=O)N[C@@H](C(=O)OC(C)(C)C)C(C)C. The van der Waals surface area contributed by atoms with Crippen LogP contribution in [-0.4, -0.2) is 30.3 Å². The zero-order valence-electron chi connectivity index (χ0n) is 11.5. The van der Waals surface area contributed by atoms with Crippen LogP contribution in [0, 0.1) is 5.92 Å². The Bertz CT molecular complexity index is 268. The van der Waals surface area contributed by atoms with Gasteiger partial charge in [-0.1, -0.05) is 13.8 Å². The van der Waals surface area contributed by atoms with Crippen molar-refractivity contribution in [3.8, 4) is 0 Å². The summed E-state index contributed by atoms with van der Waals surface area (Å²) in [6, 6.07) is -0.687. The Balaban J connectivity index is 4.53. The Kier molecular flexibility index (Phi) is 5.99. The van der Waals surface area contributed by atoms with E-state index in [1.807, 2.05) is 13.8 Å². The average molecular weight is 245 g/mol. The summed E-state index contributed by atoms with van der Waals surface area (Å²) in [5.74, 6) is -0.505. The highest BCUT2D eigenvalue weighted by atomic mass is 16.6. The summed E-state index contributed by atoms with van der Waals surface area (Å²) in [5, 5.41) is 2.50. The zero-order chi connectivity index (χ0) is 13.6. The van der Waals surface area contributed by atoms with Crippen molar-refractivity contribution in [2.24, 2.45) is 5.92 Å². The number of carbonyl (C=O) groups is 2. The van der Waals surface area contributed by atoms with Crippen molar-refractivity contribution in [2.75, 3.05) is 6.61 Å². The molecule has 0 saturated heterocycles. The predicted molar refractivity (Wildman–Crippen MR) is 64.6 cm³/mol. The number of carbonyl (C=O) groups excluding carboxylic acids is 2. The van der Waals surface area contributed by atoms with E-state index in [1.165, 1.54) is 0 Å². The van der Waals surface area contributed by atoms with Crippen LogP contribution >= 0.6 is 0 Å². The fraction of sp³-hybridized carbons (Fsp3) is 0.833. The van der Waals surface area contributed by atoms with Gasteiger partial charge in [0, 0.05) is 0 Å². The number of amides is 1. The lowest BCUT2D eigenvalue weighted by Crippen LogP contribution is -2.47. The van der Waals surface area contributed by atoms with E-state index in [1.54, 1.807) is 27.7 Å². The summed E-state index contributed by atoms with van der Waals surface area (Å²) in [6.45, 7) is 11.0. The van der Waals surface area contributed by atoms with E-state index in [4.69, 9.17) is 9.47 Å². The molecule has 0 aromatic rings. The first-order chi connectivity index (χ1) is 7.67. The van der Waals surface area contributed by atoms with E-state index in [0.717, 1.165) is 0 Å². The zero-order valence-corrected chi connectivity index (χ0v) is 11.5. The first-order valence-corrected chi connectivity index (χ1v) is 5.83. The Morgan fingerprint density at radius 3 is 2.12 bits per heavy atom. The maximum atomic E-state index is 11.8. The van der Waals surface area contributed by atoms with Crippen LogP contribution in [0.3, 0.4) is 0 Å². The summed E-state index contributed by atoms with van der Waals surface area (Å²) < 4.78 is 9.98. The molecule has 0 unspecified atom stereocenters. The van der Waals surface area contributed by atoms with Gasteiger partial charge in [0.2, 0.25) is 0 Å². The molecule has 5 nitrogen and oxygen atoms in total. The molecule has 0 bridgehead atoms. The fourth-order valence-corrected chi connectivity index (χ4v) is 1.16. The monoisotopic (exact) mass is 245 g/mol. The molecule has 0 aliphatic carbocycles. The standard InChI is InChI=1S/C12H23NO4/c1-7-16-11(15)13-9(8(2)3)10(14)17-12(4,5)6/h8-9H,7H2,1-6H3,(H,13,15)/t9-/m1/s1. The molecular weight excluding hydrogens is 222 g/mol. The fourth-order valence-electron chi connectivity index (χ4n) is 1.16. The molecule has 1 atom stereocenters. The van der Waals surface area contributed by atoms with Crippen molar-refractivity contribution in [3.05, 3.63) is 0 Å². The topological polar surface area (TPSA) is 64.6 Å². The molecule has 0 aromatic carbocycles. The van der Waals surface area contributed by atoms with Crippen LogP contribution in [0.1, 0.15) is 41.5 Å². The third-order valence-electron chi connectivity index (χ3n) is 1.88. The first kappa shape index (κ1) is 15.7. The molecule has 0 aromatic heterocycles. The molecule has 0 rings (SSSR count). The highest BCUT2D eigenvalue weighted by molar-refractivity contribution is 5.81. The van der Waals surface area contributed by atoms with Crippen LogP contribution in [0.5, 0.6) is 0 Å². The molecule has 0 heterocycles. The van der Waals surface area contributed by atoms with Gasteiger partial charge in [0.25, 0.3) is 0 Å². The lowest BCUT2D eigenvalue weighted by Gasteiger charge is -2.26. The summed E-state index contributed by atoms with van der Waals surface area (Å²) in [6.07, 6.45) is -0.600. The van der Waals surface area contributed by atoms with Gasteiger partial charge in [-0.3, -0.25) is 0 Å². The third kappa shape index (κ3) is 6.81. The van der Waals surface area contributed by atoms with Crippen molar-refractivity contribution in [3.63, 3.8) is 0 Å². The van der Waals surface area contributed by atoms with E-state index in [9.17, 15) is 9.59 Å². The Labute approximate surface area is 103 Å². The van der Waals surface area contributed by atoms with E-state index in [-0.39, 0.29) is 12.5 Å². The van der Waals surface area contributed by atoms with Crippen molar-refractivity contribution in [1.29, 1.82) is 0 Å². The number of hydrogen-bond acceptors (Lipinski definition) is 4. The number of esters is 1. The second-order valence-corrected chi connectivity index (χ2v) is 5.12. The maximum Gasteiger partial charge on any atom is 0.407 e. The van der Waals surface area contributed by atoms with Gasteiger partial charge in [-0.05, 0) is 33.6 Å². The van der Waals surface area contributed by atoms with E-state index in [2.05, 4.69) is 5.32 Å². The van der Waals surface area contributed by atoms with Crippen molar-refractivity contribution < 1.29 is 19.1 Å². The second kappa shape index (κ2) is 6.47. The molecule has 0 spiro atoms. The Morgan fingerprint density at radius 2 is 1.76 bits per heavy atom. The van der Waals surface area contributed by atoms with Gasteiger partial charge in [-0.15, -0.1) is 0 Å². The van der Waals surface area contributed by atoms with Crippen LogP contribution in [0.15, 0.2) is 0 Å². The minimum atomic E-state index is -0.687. The van der Waals surface area contributed by atoms with Crippen LogP contribution in [0.4, 0.5) is 4.79 Å². The summed E-state index contributed by atoms with van der Waals surface area (Å²) in [7, 11) is 0. The number of nitrogens with one attached hydrogen (secondary N) is 1. The summed E-state index contributed by atoms with van der Waals surface area (Å²) in [4.78, 5) is 23.1. The minimum absolute atomic E-state index is 0.0609. The van der Waals surface area contributed by atoms with Gasteiger partial charge < -0.3 is 14.8 Å². The Morgan fingerprint density at radius 1 is 1.24 bits per heavy atom. The van der Waals surface area contributed by atoms with Crippen molar-refractivity contribution in [1.82, 2.24) is 5.32 Å². The lowest BCUT2D eigenvalue weighted by molar-refractivity contribution is -0.158. The minimum Gasteiger partial charge on any atom is -0.458 e. The molecule has 1 N–H and O–H groups in total. The quantitative estimate of drug-likeness (QED) is 0.770. The van der Waals surface area contributed by atoms with Crippen LogP contribution in [0.25, 0.3) is 0 Å². The highest BCUT2D eigenvalue weighted by Crippen LogP contribution is 2.12. The predicted octanol–water partition coefficient (Wildman–Crippen LogP) is 2.10. The molecule has 0 saturated carbocycles. The van der Waals surface area contributed by atoms with E-state index < -0.39 is 23.7 Å². The lowest BCUT2D eigenvalue weighted by atomic mass is 10.0. The average Bonchev–Trinajstić information content (AvgIpc) is 2.11.